The lowest BCUT2D eigenvalue weighted by Gasteiger charge is -2.08. The van der Waals surface area contributed by atoms with Crippen molar-refractivity contribution in [3.8, 4) is 0 Å². The Labute approximate surface area is 101 Å². The summed E-state index contributed by atoms with van der Waals surface area (Å²) in [6.45, 7) is -0.237. The Bertz CT molecular complexity index is 362. The van der Waals surface area contributed by atoms with Gasteiger partial charge in [0.25, 0.3) is 5.69 Å². The summed E-state index contributed by atoms with van der Waals surface area (Å²) in [5.41, 5.74) is 6.02. The van der Waals surface area contributed by atoms with Gasteiger partial charge in [0.1, 0.15) is 0 Å². The van der Waals surface area contributed by atoms with Crippen LogP contribution in [0.4, 0.5) is 5.69 Å². The molecule has 0 saturated heterocycles. The Morgan fingerprint density at radius 3 is 2.67 bits per heavy atom. The van der Waals surface area contributed by atoms with Gasteiger partial charge < -0.3 is 10.8 Å². The molecule has 0 aliphatic carbocycles. The minimum Gasteiger partial charge on any atom is -0.394 e. The molecule has 0 fully saturated rings. The highest BCUT2D eigenvalue weighted by Crippen LogP contribution is 2.27. The van der Waals surface area contributed by atoms with E-state index in [1.165, 1.54) is 6.07 Å². The van der Waals surface area contributed by atoms with Crippen molar-refractivity contribution in [2.24, 2.45) is 5.73 Å². The predicted molar refractivity (Wildman–Crippen MR) is 62.1 cm³/mol. The number of nitrogens with zero attached hydrogens (tertiary/aromatic N) is 1. The molecule has 3 N–H and O–H groups in total. The van der Waals surface area contributed by atoms with Crippen molar-refractivity contribution in [2.75, 3.05) is 6.61 Å². The molecule has 0 heterocycles. The lowest BCUT2D eigenvalue weighted by atomic mass is 10.1. The quantitative estimate of drug-likeness (QED) is 0.657. The van der Waals surface area contributed by atoms with E-state index >= 15 is 0 Å². The second-order valence-corrected chi connectivity index (χ2v) is 3.61. The van der Waals surface area contributed by atoms with Gasteiger partial charge in [0.2, 0.25) is 0 Å². The molecule has 0 amide bonds. The van der Waals surface area contributed by atoms with Crippen molar-refractivity contribution in [3.63, 3.8) is 0 Å². The smallest absolute Gasteiger partial charge is 0.283 e. The zero-order valence-electron chi connectivity index (χ0n) is 7.59. The molecule has 0 spiro atoms. The molecule has 5 nitrogen and oxygen atoms in total. The molecule has 1 aromatic carbocycles. The Morgan fingerprint density at radius 1 is 1.60 bits per heavy atom. The van der Waals surface area contributed by atoms with Crippen LogP contribution in [-0.4, -0.2) is 16.6 Å². The standard InChI is InChI=1S/C8H9BrN2O3.ClH/c9-6-2-1-5(7(10)4-12)3-8(6)11(13)14;/h1-3,7,12H,4,10H2;1H/t7-;/m1./s1. The van der Waals surface area contributed by atoms with Gasteiger partial charge in [-0.25, -0.2) is 0 Å². The van der Waals surface area contributed by atoms with Gasteiger partial charge >= 0.3 is 0 Å². The van der Waals surface area contributed by atoms with E-state index in [1.54, 1.807) is 12.1 Å². The van der Waals surface area contributed by atoms with Crippen molar-refractivity contribution in [1.82, 2.24) is 0 Å². The first-order valence-electron chi connectivity index (χ1n) is 3.86. The van der Waals surface area contributed by atoms with Crippen molar-refractivity contribution in [2.45, 2.75) is 6.04 Å². The summed E-state index contributed by atoms with van der Waals surface area (Å²) in [7, 11) is 0. The molecule has 0 saturated carbocycles. The van der Waals surface area contributed by atoms with Gasteiger partial charge in [-0.1, -0.05) is 6.07 Å². The van der Waals surface area contributed by atoms with Crippen molar-refractivity contribution < 1.29 is 10.0 Å². The number of hydrogen-bond donors (Lipinski definition) is 2. The Balaban J connectivity index is 0.00000196. The number of nitro groups is 1. The second kappa shape index (κ2) is 6.02. The molecule has 0 aromatic heterocycles. The van der Waals surface area contributed by atoms with Gasteiger partial charge in [0.05, 0.1) is 22.0 Å². The highest BCUT2D eigenvalue weighted by Gasteiger charge is 2.14. The number of aliphatic hydroxyl groups excluding tert-OH is 1. The van der Waals surface area contributed by atoms with Crippen molar-refractivity contribution in [3.05, 3.63) is 38.3 Å². The maximum absolute atomic E-state index is 10.6. The number of aliphatic hydroxyl groups is 1. The molecule has 0 aliphatic rings. The summed E-state index contributed by atoms with van der Waals surface area (Å²) in [5.74, 6) is 0. The summed E-state index contributed by atoms with van der Waals surface area (Å²) in [6.07, 6.45) is 0. The van der Waals surface area contributed by atoms with Crippen LogP contribution in [0.1, 0.15) is 11.6 Å². The van der Waals surface area contributed by atoms with E-state index in [0.29, 0.717) is 10.0 Å². The molecule has 0 bridgehead atoms. The van der Waals surface area contributed by atoms with Gasteiger partial charge in [-0.2, -0.15) is 0 Å². The number of nitro benzene ring substituents is 1. The van der Waals surface area contributed by atoms with Crippen LogP contribution in [0.25, 0.3) is 0 Å². The van der Waals surface area contributed by atoms with E-state index in [-0.39, 0.29) is 24.7 Å². The largest absolute Gasteiger partial charge is 0.394 e. The Hall–Kier alpha value is -0.690. The first-order valence-corrected chi connectivity index (χ1v) is 4.66. The van der Waals surface area contributed by atoms with Gasteiger partial charge in [-0.3, -0.25) is 10.1 Å². The topological polar surface area (TPSA) is 89.4 Å². The van der Waals surface area contributed by atoms with Crippen LogP contribution in [0.15, 0.2) is 22.7 Å². The Morgan fingerprint density at radius 2 is 2.20 bits per heavy atom. The summed E-state index contributed by atoms with van der Waals surface area (Å²) in [4.78, 5) is 10.1. The monoisotopic (exact) mass is 296 g/mol. The second-order valence-electron chi connectivity index (χ2n) is 2.76. The van der Waals surface area contributed by atoms with Gasteiger partial charge in [0.15, 0.2) is 0 Å². The third-order valence-corrected chi connectivity index (χ3v) is 2.46. The van der Waals surface area contributed by atoms with E-state index in [9.17, 15) is 10.1 Å². The third kappa shape index (κ3) is 3.42. The van der Waals surface area contributed by atoms with Crippen LogP contribution < -0.4 is 5.73 Å². The van der Waals surface area contributed by atoms with E-state index in [0.717, 1.165) is 0 Å². The fraction of sp³-hybridized carbons (Fsp3) is 0.250. The molecular weight excluding hydrogens is 287 g/mol. The zero-order valence-corrected chi connectivity index (χ0v) is 9.99. The average molecular weight is 298 g/mol. The molecule has 15 heavy (non-hydrogen) atoms. The molecule has 1 aromatic rings. The van der Waals surface area contributed by atoms with Crippen molar-refractivity contribution >= 4 is 34.0 Å². The molecule has 0 aliphatic heterocycles. The summed E-state index contributed by atoms with van der Waals surface area (Å²) < 4.78 is 0.399. The maximum Gasteiger partial charge on any atom is 0.283 e. The first-order chi connectivity index (χ1) is 6.56. The van der Waals surface area contributed by atoms with Crippen LogP contribution >= 0.6 is 28.3 Å². The van der Waals surface area contributed by atoms with Gasteiger partial charge in [0, 0.05) is 6.07 Å². The Kier molecular flexibility index (Phi) is 5.74. The zero-order chi connectivity index (χ0) is 10.7. The van der Waals surface area contributed by atoms with Crippen molar-refractivity contribution in [1.29, 1.82) is 0 Å². The lowest BCUT2D eigenvalue weighted by Crippen LogP contribution is -2.14. The molecule has 1 rings (SSSR count). The highest BCUT2D eigenvalue weighted by molar-refractivity contribution is 9.10. The van der Waals surface area contributed by atoms with Crippen LogP contribution in [0.3, 0.4) is 0 Å². The third-order valence-electron chi connectivity index (χ3n) is 1.79. The molecule has 1 atom stereocenters. The lowest BCUT2D eigenvalue weighted by molar-refractivity contribution is -0.385. The molecule has 84 valence electrons. The minimum atomic E-state index is -0.582. The summed E-state index contributed by atoms with van der Waals surface area (Å²) in [5, 5.41) is 19.3. The number of nitrogens with two attached hydrogens (primary N) is 1. The minimum absolute atomic E-state index is 0. The molecule has 0 unspecified atom stereocenters. The van der Waals surface area contributed by atoms with Crippen LogP contribution in [0, 0.1) is 10.1 Å². The van der Waals surface area contributed by atoms with E-state index < -0.39 is 11.0 Å². The summed E-state index contributed by atoms with van der Waals surface area (Å²) >= 11 is 3.06. The first kappa shape index (κ1) is 14.3. The predicted octanol–water partition coefficient (Wildman–Crippen LogP) is 1.77. The number of benzene rings is 1. The van der Waals surface area contributed by atoms with E-state index in [4.69, 9.17) is 10.8 Å². The van der Waals surface area contributed by atoms with Gasteiger partial charge in [-0.05, 0) is 27.6 Å². The number of hydrogen-bond acceptors (Lipinski definition) is 4. The SMILES string of the molecule is Cl.N[C@H](CO)c1ccc(Br)c([N+](=O)[O-])c1. The molecule has 0 radical (unpaired) electrons. The fourth-order valence-electron chi connectivity index (χ4n) is 1.01. The number of halogens is 2. The van der Waals surface area contributed by atoms with E-state index in [2.05, 4.69) is 15.9 Å². The normalized spacial score (nSPS) is 11.7. The fourth-order valence-corrected chi connectivity index (χ4v) is 1.40. The average Bonchev–Trinajstić information content (AvgIpc) is 2.17. The number of rotatable bonds is 3. The molecular formula is C8H10BrClN2O3. The maximum atomic E-state index is 10.6. The van der Waals surface area contributed by atoms with Crippen LogP contribution in [0.5, 0.6) is 0 Å². The van der Waals surface area contributed by atoms with Gasteiger partial charge in [-0.15, -0.1) is 12.4 Å². The highest BCUT2D eigenvalue weighted by atomic mass is 79.9. The van der Waals surface area contributed by atoms with Crippen LogP contribution in [-0.2, 0) is 0 Å². The molecule has 7 heteroatoms. The van der Waals surface area contributed by atoms with Crippen LogP contribution in [0.2, 0.25) is 0 Å². The summed E-state index contributed by atoms with van der Waals surface area (Å²) in [6, 6.07) is 3.95. The van der Waals surface area contributed by atoms with E-state index in [1.807, 2.05) is 0 Å².